The number of hydrogen-bond donors (Lipinski definition) is 4. The molecule has 3 rings (SSSR count). The molecule has 2 aromatic carbocycles. The van der Waals surface area contributed by atoms with E-state index in [9.17, 15) is 15.2 Å². The van der Waals surface area contributed by atoms with Crippen LogP contribution < -0.4 is 15.0 Å². The zero-order chi connectivity index (χ0) is 22.4. The van der Waals surface area contributed by atoms with E-state index < -0.39 is 6.04 Å². The van der Waals surface area contributed by atoms with E-state index in [1.165, 1.54) is 0 Å². The van der Waals surface area contributed by atoms with Crippen LogP contribution in [-0.2, 0) is 4.79 Å². The van der Waals surface area contributed by atoms with Gasteiger partial charge in [-0.1, -0.05) is 12.1 Å². The molecule has 1 unspecified atom stereocenters. The smallest absolute Gasteiger partial charge is 0.279 e. The van der Waals surface area contributed by atoms with Gasteiger partial charge in [-0.15, -0.1) is 0 Å². The predicted octanol–water partition coefficient (Wildman–Crippen LogP) is 2.30. The van der Waals surface area contributed by atoms with Gasteiger partial charge in [0.1, 0.15) is 23.4 Å². The van der Waals surface area contributed by atoms with E-state index in [1.807, 2.05) is 31.2 Å². The Balaban J connectivity index is 1.76. The fourth-order valence-electron chi connectivity index (χ4n) is 3.38. The van der Waals surface area contributed by atoms with Gasteiger partial charge in [0.25, 0.3) is 5.91 Å². The summed E-state index contributed by atoms with van der Waals surface area (Å²) in [5.41, 5.74) is 2.23. The number of aromatic nitrogens is 2. The van der Waals surface area contributed by atoms with Crippen molar-refractivity contribution in [1.82, 2.24) is 9.97 Å². The number of anilines is 1. The number of rotatable bonds is 8. The maximum atomic E-state index is 12.5. The molecule has 0 spiro atoms. The molecule has 0 aliphatic rings. The maximum absolute atomic E-state index is 12.5. The third-order valence-electron chi connectivity index (χ3n) is 5.23. The first-order valence-electron chi connectivity index (χ1n) is 10.0. The number of ether oxygens (including phenoxy) is 1. The number of hydrogen-bond acceptors (Lipinski definition) is 5. The van der Waals surface area contributed by atoms with Crippen molar-refractivity contribution in [1.29, 1.82) is 5.26 Å². The molecule has 0 saturated heterocycles. The monoisotopic (exact) mass is 420 g/mol. The number of nitrogens with one attached hydrogen (secondary N) is 3. The van der Waals surface area contributed by atoms with Gasteiger partial charge in [0.2, 0.25) is 0 Å². The summed E-state index contributed by atoms with van der Waals surface area (Å²) < 4.78 is 5.12. The van der Waals surface area contributed by atoms with Crippen LogP contribution in [0.3, 0.4) is 0 Å². The lowest BCUT2D eigenvalue weighted by Crippen LogP contribution is -3.16. The lowest BCUT2D eigenvalue weighted by Gasteiger charge is -2.24. The molecule has 3 aromatic rings. The number of amides is 1. The number of quaternary nitrogens is 1. The lowest BCUT2D eigenvalue weighted by molar-refractivity contribution is -0.909. The van der Waals surface area contributed by atoms with Gasteiger partial charge in [-0.2, -0.15) is 5.26 Å². The number of likely N-dealkylation sites (N-methyl/N-ethyl adjacent to an activating group) is 1. The molecule has 0 aliphatic heterocycles. The third-order valence-corrected chi connectivity index (χ3v) is 5.23. The molecule has 31 heavy (non-hydrogen) atoms. The van der Waals surface area contributed by atoms with Crippen molar-refractivity contribution in [3.05, 3.63) is 60.1 Å². The summed E-state index contributed by atoms with van der Waals surface area (Å²) >= 11 is 0. The molecule has 4 N–H and O–H groups in total. The Hall–Kier alpha value is -3.83. The Morgan fingerprint density at radius 3 is 2.61 bits per heavy atom. The number of benzene rings is 2. The van der Waals surface area contributed by atoms with Gasteiger partial charge in [-0.3, -0.25) is 4.79 Å². The number of allylic oxidation sites excluding steroid dienone is 1. The molecule has 1 aromatic heterocycles. The minimum absolute atomic E-state index is 0.0743. The number of para-hydroxylation sites is 2. The summed E-state index contributed by atoms with van der Waals surface area (Å²) in [5.74, 6) is 0.725. The quantitative estimate of drug-likeness (QED) is 0.330. The molecule has 0 bridgehead atoms. The minimum atomic E-state index is -0.477. The number of carbonyl (C=O) groups is 1. The summed E-state index contributed by atoms with van der Waals surface area (Å²) in [5, 5.41) is 23.4. The van der Waals surface area contributed by atoms with E-state index in [0.717, 1.165) is 10.4 Å². The maximum Gasteiger partial charge on any atom is 0.279 e. The first-order chi connectivity index (χ1) is 15.0. The molecule has 8 nitrogen and oxygen atoms in total. The summed E-state index contributed by atoms with van der Waals surface area (Å²) in [4.78, 5) is 20.8. The van der Waals surface area contributed by atoms with E-state index in [2.05, 4.69) is 21.4 Å². The second kappa shape index (κ2) is 9.78. The van der Waals surface area contributed by atoms with E-state index >= 15 is 0 Å². The third kappa shape index (κ3) is 5.02. The summed E-state index contributed by atoms with van der Waals surface area (Å²) in [7, 11) is 1.58. The standard InChI is InChI=1S/C23H25N5O3/c1-4-28(14-21(29)25-16-9-11-17(31-3)12-10-16)15(2)22(30)18(13-24)23-26-19-7-5-6-8-20(19)27-23/h5-12,15,30H,4,14H2,1-3H3,(H,25,29)(H,26,27)/p+1/b22-18-/t15-/m1/s1. The second-order valence-corrected chi connectivity index (χ2v) is 7.16. The molecule has 160 valence electrons. The van der Waals surface area contributed by atoms with Crippen molar-refractivity contribution in [2.24, 2.45) is 0 Å². The highest BCUT2D eigenvalue weighted by atomic mass is 16.5. The van der Waals surface area contributed by atoms with Gasteiger partial charge in [0, 0.05) is 5.69 Å². The van der Waals surface area contributed by atoms with Crippen molar-refractivity contribution in [3.63, 3.8) is 0 Å². The summed E-state index contributed by atoms with van der Waals surface area (Å²) in [6.45, 7) is 4.43. The molecule has 1 heterocycles. The summed E-state index contributed by atoms with van der Waals surface area (Å²) in [6.07, 6.45) is 0. The van der Waals surface area contributed by atoms with Crippen LogP contribution in [0, 0.1) is 11.3 Å². The van der Waals surface area contributed by atoms with E-state index in [0.29, 0.717) is 29.3 Å². The average Bonchev–Trinajstić information content (AvgIpc) is 3.21. The number of nitriles is 1. The number of aliphatic hydroxyl groups is 1. The molecule has 0 radical (unpaired) electrons. The van der Waals surface area contributed by atoms with Crippen LogP contribution in [-0.4, -0.2) is 47.2 Å². The molecule has 1 amide bonds. The highest BCUT2D eigenvalue weighted by molar-refractivity contribution is 5.91. The van der Waals surface area contributed by atoms with Gasteiger partial charge in [-0.05, 0) is 50.2 Å². The number of H-pyrrole nitrogens is 1. The number of methoxy groups -OCH3 is 1. The molecule has 0 saturated carbocycles. The molecule has 2 atom stereocenters. The Kier molecular flexibility index (Phi) is 6.90. The van der Waals surface area contributed by atoms with Crippen LogP contribution >= 0.6 is 0 Å². The van der Waals surface area contributed by atoms with Crippen molar-refractivity contribution in [3.8, 4) is 11.8 Å². The van der Waals surface area contributed by atoms with E-state index in [1.54, 1.807) is 38.3 Å². The molecular weight excluding hydrogens is 394 g/mol. The fourth-order valence-corrected chi connectivity index (χ4v) is 3.38. The van der Waals surface area contributed by atoms with Crippen LogP contribution in [0.1, 0.15) is 19.7 Å². The van der Waals surface area contributed by atoms with Crippen LogP contribution in [0.2, 0.25) is 0 Å². The number of carbonyl (C=O) groups excluding carboxylic acids is 1. The van der Waals surface area contributed by atoms with Gasteiger partial charge >= 0.3 is 0 Å². The summed E-state index contributed by atoms with van der Waals surface area (Å²) in [6, 6.07) is 16.0. The fraction of sp³-hybridized carbons (Fsp3) is 0.261. The number of aliphatic hydroxyl groups excluding tert-OH is 1. The zero-order valence-electron chi connectivity index (χ0n) is 17.8. The first-order valence-corrected chi connectivity index (χ1v) is 10.0. The highest BCUT2D eigenvalue weighted by Gasteiger charge is 2.27. The topological polar surface area (TPSA) is 115 Å². The van der Waals surface area contributed by atoms with Crippen LogP contribution in [0.25, 0.3) is 16.6 Å². The average molecular weight is 420 g/mol. The van der Waals surface area contributed by atoms with Crippen molar-refractivity contribution < 1.29 is 19.5 Å². The minimum Gasteiger partial charge on any atom is -0.505 e. The Bertz CT molecular complexity index is 1100. The SMILES string of the molecule is CC[NH+](CC(=O)Nc1ccc(OC)cc1)[C@H](C)/C(O)=C(\C#N)c1nc2ccccc2[nH]1. The van der Waals surface area contributed by atoms with Crippen LogP contribution in [0.4, 0.5) is 5.69 Å². The number of nitrogens with zero attached hydrogens (tertiary/aromatic N) is 2. The lowest BCUT2D eigenvalue weighted by atomic mass is 10.1. The van der Waals surface area contributed by atoms with Gasteiger partial charge in [0.15, 0.2) is 18.1 Å². The highest BCUT2D eigenvalue weighted by Crippen LogP contribution is 2.19. The second-order valence-electron chi connectivity index (χ2n) is 7.16. The van der Waals surface area contributed by atoms with Gasteiger partial charge in [0.05, 0.1) is 24.7 Å². The van der Waals surface area contributed by atoms with Gasteiger partial charge < -0.3 is 25.0 Å². The molecule has 8 heteroatoms. The number of aromatic amines is 1. The van der Waals surface area contributed by atoms with Crippen molar-refractivity contribution >= 4 is 28.2 Å². The first kappa shape index (κ1) is 21.9. The predicted molar refractivity (Wildman–Crippen MR) is 119 cm³/mol. The van der Waals surface area contributed by atoms with Gasteiger partial charge in [-0.25, -0.2) is 4.98 Å². The van der Waals surface area contributed by atoms with Crippen LogP contribution in [0.5, 0.6) is 5.75 Å². The Morgan fingerprint density at radius 1 is 1.29 bits per heavy atom. The largest absolute Gasteiger partial charge is 0.505 e. The van der Waals surface area contributed by atoms with Crippen molar-refractivity contribution in [2.75, 3.05) is 25.5 Å². The Labute approximate surface area is 180 Å². The molecule has 0 aliphatic carbocycles. The normalized spacial score (nSPS) is 13.7. The zero-order valence-corrected chi connectivity index (χ0v) is 17.8. The van der Waals surface area contributed by atoms with E-state index in [4.69, 9.17) is 4.74 Å². The van der Waals surface area contributed by atoms with Crippen molar-refractivity contribution in [2.45, 2.75) is 19.9 Å². The number of fused-ring (bicyclic) bond motifs is 1. The Morgan fingerprint density at radius 2 is 2.00 bits per heavy atom. The molecular formula is C23H26N5O3+. The van der Waals surface area contributed by atoms with Crippen LogP contribution in [0.15, 0.2) is 54.3 Å². The van der Waals surface area contributed by atoms with E-state index in [-0.39, 0.29) is 23.8 Å². The number of imidazole rings is 1. The molecule has 0 fully saturated rings.